The summed E-state index contributed by atoms with van der Waals surface area (Å²) in [6.07, 6.45) is 1.27. The first-order valence-electron chi connectivity index (χ1n) is 5.17. The third-order valence-electron chi connectivity index (χ3n) is 2.85. The molecular weight excluding hydrogens is 160 g/mol. The van der Waals surface area contributed by atoms with Crippen molar-refractivity contribution in [3.8, 4) is 0 Å². The van der Waals surface area contributed by atoms with Gasteiger partial charge in [-0.3, -0.25) is 4.90 Å². The van der Waals surface area contributed by atoms with Gasteiger partial charge in [-0.15, -0.1) is 0 Å². The number of nitrogens with one attached hydrogen (secondary N) is 1. The molecule has 2 nitrogen and oxygen atoms in total. The minimum absolute atomic E-state index is 0.710. The monoisotopic (exact) mass is 182 g/mol. The third kappa shape index (κ3) is 3.12. The summed E-state index contributed by atoms with van der Waals surface area (Å²) in [5.74, 6) is 0.762. The molecule has 0 spiro atoms. The molecule has 1 aliphatic heterocycles. The van der Waals surface area contributed by atoms with Gasteiger partial charge in [0.1, 0.15) is 0 Å². The molecule has 0 aliphatic carbocycles. The molecule has 0 aromatic rings. The lowest BCUT2D eigenvalue weighted by Crippen LogP contribution is -2.47. The van der Waals surface area contributed by atoms with Crippen LogP contribution in [0.4, 0.5) is 0 Å². The summed E-state index contributed by atoms with van der Waals surface area (Å²) in [4.78, 5) is 2.50. The van der Waals surface area contributed by atoms with Crippen LogP contribution in [0, 0.1) is 5.92 Å². The fourth-order valence-corrected chi connectivity index (χ4v) is 2.19. The predicted molar refractivity (Wildman–Crippen MR) is 57.9 cm³/mol. The average molecular weight is 182 g/mol. The zero-order valence-corrected chi connectivity index (χ0v) is 9.14. The second-order valence-corrected chi connectivity index (χ2v) is 4.35. The quantitative estimate of drug-likeness (QED) is 0.665. The van der Waals surface area contributed by atoms with E-state index in [1.165, 1.54) is 25.1 Å². The molecule has 1 saturated heterocycles. The fourth-order valence-electron chi connectivity index (χ4n) is 2.19. The van der Waals surface area contributed by atoms with Crippen molar-refractivity contribution in [2.24, 2.45) is 5.92 Å². The summed E-state index contributed by atoms with van der Waals surface area (Å²) < 4.78 is 0. The summed E-state index contributed by atoms with van der Waals surface area (Å²) in [5.41, 5.74) is 1.27. The van der Waals surface area contributed by atoms with Gasteiger partial charge in [-0.25, -0.2) is 0 Å². The molecule has 0 bridgehead atoms. The van der Waals surface area contributed by atoms with Crippen LogP contribution in [0.3, 0.4) is 0 Å². The number of hydrogen-bond acceptors (Lipinski definition) is 2. The van der Waals surface area contributed by atoms with Gasteiger partial charge in [0.15, 0.2) is 0 Å². The van der Waals surface area contributed by atoms with E-state index in [9.17, 15) is 0 Å². The Hall–Kier alpha value is -0.340. The summed E-state index contributed by atoms with van der Waals surface area (Å²) in [6, 6.07) is 0.710. The van der Waals surface area contributed by atoms with Gasteiger partial charge in [-0.2, -0.15) is 0 Å². The fraction of sp³-hybridized carbons (Fsp3) is 0.818. The van der Waals surface area contributed by atoms with Crippen LogP contribution in [-0.4, -0.2) is 37.6 Å². The highest BCUT2D eigenvalue weighted by molar-refractivity contribution is 4.94. The van der Waals surface area contributed by atoms with E-state index in [-0.39, 0.29) is 0 Å². The van der Waals surface area contributed by atoms with Gasteiger partial charge in [0.05, 0.1) is 0 Å². The maximum Gasteiger partial charge on any atom is 0.0187 e. The lowest BCUT2D eigenvalue weighted by Gasteiger charge is -2.36. The van der Waals surface area contributed by atoms with Crippen LogP contribution in [0.25, 0.3) is 0 Å². The normalized spacial score (nSPS) is 30.4. The Balaban J connectivity index is 2.36. The molecule has 2 atom stereocenters. The van der Waals surface area contributed by atoms with Gasteiger partial charge in [0.2, 0.25) is 0 Å². The molecule has 1 N–H and O–H groups in total. The van der Waals surface area contributed by atoms with Gasteiger partial charge in [-0.1, -0.05) is 19.1 Å². The highest BCUT2D eigenvalue weighted by atomic mass is 15.1. The van der Waals surface area contributed by atoms with Crippen molar-refractivity contribution in [3.05, 3.63) is 12.2 Å². The van der Waals surface area contributed by atoms with Crippen LogP contribution in [0.1, 0.15) is 20.3 Å². The molecule has 1 rings (SSSR count). The first kappa shape index (κ1) is 10.7. The Bertz CT molecular complexity index is 177. The van der Waals surface area contributed by atoms with Crippen LogP contribution in [0.5, 0.6) is 0 Å². The zero-order valence-electron chi connectivity index (χ0n) is 9.14. The largest absolute Gasteiger partial charge is 0.317 e. The summed E-state index contributed by atoms with van der Waals surface area (Å²) >= 11 is 0. The van der Waals surface area contributed by atoms with Crippen molar-refractivity contribution in [1.29, 1.82) is 0 Å². The highest BCUT2D eigenvalue weighted by Crippen LogP contribution is 2.16. The Labute approximate surface area is 82.0 Å². The third-order valence-corrected chi connectivity index (χ3v) is 2.85. The summed E-state index contributed by atoms with van der Waals surface area (Å²) in [5, 5.41) is 3.38. The second-order valence-electron chi connectivity index (χ2n) is 4.35. The van der Waals surface area contributed by atoms with Crippen molar-refractivity contribution in [2.45, 2.75) is 26.3 Å². The standard InChI is InChI=1S/C11H22N2/c1-9(2)7-13-6-5-11(12-4)10(3)8-13/h10-12H,1,5-8H2,2-4H3. The van der Waals surface area contributed by atoms with Crippen LogP contribution in [0.15, 0.2) is 12.2 Å². The smallest absolute Gasteiger partial charge is 0.0187 e. The minimum Gasteiger partial charge on any atom is -0.317 e. The van der Waals surface area contributed by atoms with E-state index in [2.05, 4.69) is 37.7 Å². The lowest BCUT2D eigenvalue weighted by atomic mass is 9.94. The highest BCUT2D eigenvalue weighted by Gasteiger charge is 2.24. The molecule has 2 unspecified atom stereocenters. The topological polar surface area (TPSA) is 15.3 Å². The molecule has 76 valence electrons. The number of hydrogen-bond donors (Lipinski definition) is 1. The van der Waals surface area contributed by atoms with E-state index in [0.29, 0.717) is 6.04 Å². The van der Waals surface area contributed by atoms with E-state index in [0.717, 1.165) is 12.5 Å². The second kappa shape index (κ2) is 4.77. The lowest BCUT2D eigenvalue weighted by molar-refractivity contribution is 0.162. The Morgan fingerprint density at radius 2 is 2.31 bits per heavy atom. The molecule has 1 heterocycles. The van der Waals surface area contributed by atoms with Crippen LogP contribution in [0.2, 0.25) is 0 Å². The van der Waals surface area contributed by atoms with Crippen LogP contribution in [-0.2, 0) is 0 Å². The maximum atomic E-state index is 3.96. The number of likely N-dealkylation sites (tertiary alicyclic amines) is 1. The van der Waals surface area contributed by atoms with Crippen molar-refractivity contribution < 1.29 is 0 Å². The van der Waals surface area contributed by atoms with Crippen LogP contribution >= 0.6 is 0 Å². The molecule has 0 amide bonds. The molecule has 0 aromatic heterocycles. The zero-order chi connectivity index (χ0) is 9.84. The number of piperidine rings is 1. The summed E-state index contributed by atoms with van der Waals surface area (Å²) in [7, 11) is 2.07. The Kier molecular flexibility index (Phi) is 3.94. The van der Waals surface area contributed by atoms with Crippen molar-refractivity contribution in [1.82, 2.24) is 10.2 Å². The first-order valence-corrected chi connectivity index (χ1v) is 5.17. The number of rotatable bonds is 3. The average Bonchev–Trinajstić information content (AvgIpc) is 2.03. The predicted octanol–water partition coefficient (Wildman–Crippen LogP) is 1.49. The first-order chi connectivity index (χ1) is 6.13. The van der Waals surface area contributed by atoms with E-state index >= 15 is 0 Å². The Morgan fingerprint density at radius 3 is 2.77 bits per heavy atom. The molecule has 1 fully saturated rings. The molecule has 2 heteroatoms. The molecule has 13 heavy (non-hydrogen) atoms. The van der Waals surface area contributed by atoms with E-state index in [4.69, 9.17) is 0 Å². The number of nitrogens with zero attached hydrogens (tertiary/aromatic N) is 1. The Morgan fingerprint density at radius 1 is 1.62 bits per heavy atom. The van der Waals surface area contributed by atoms with Gasteiger partial charge in [-0.05, 0) is 32.9 Å². The van der Waals surface area contributed by atoms with Crippen LogP contribution < -0.4 is 5.32 Å². The van der Waals surface area contributed by atoms with Gasteiger partial charge < -0.3 is 5.32 Å². The SMILES string of the molecule is C=C(C)CN1CCC(NC)C(C)C1. The van der Waals surface area contributed by atoms with E-state index in [1.807, 2.05) is 0 Å². The molecular formula is C11H22N2. The van der Waals surface area contributed by atoms with Gasteiger partial charge in [0.25, 0.3) is 0 Å². The maximum absolute atomic E-state index is 3.96. The van der Waals surface area contributed by atoms with Gasteiger partial charge >= 0.3 is 0 Å². The molecule has 0 aromatic carbocycles. The van der Waals surface area contributed by atoms with Crippen molar-refractivity contribution in [3.63, 3.8) is 0 Å². The molecule has 1 aliphatic rings. The van der Waals surface area contributed by atoms with Gasteiger partial charge in [0, 0.05) is 19.1 Å². The molecule has 0 radical (unpaired) electrons. The van der Waals surface area contributed by atoms with Crippen molar-refractivity contribution >= 4 is 0 Å². The van der Waals surface area contributed by atoms with Crippen molar-refractivity contribution in [2.75, 3.05) is 26.7 Å². The van der Waals surface area contributed by atoms with E-state index in [1.54, 1.807) is 0 Å². The molecule has 0 saturated carbocycles. The summed E-state index contributed by atoms with van der Waals surface area (Å²) in [6.45, 7) is 11.9. The van der Waals surface area contributed by atoms with E-state index < -0.39 is 0 Å². The minimum atomic E-state index is 0.710.